The van der Waals surface area contributed by atoms with Crippen molar-refractivity contribution in [2.24, 2.45) is 0 Å². The molecule has 0 radical (unpaired) electrons. The molecule has 22 heavy (non-hydrogen) atoms. The van der Waals surface area contributed by atoms with Gasteiger partial charge in [-0.1, -0.05) is 0 Å². The van der Waals surface area contributed by atoms with Gasteiger partial charge in [-0.05, 0) is 37.5 Å². The van der Waals surface area contributed by atoms with Crippen molar-refractivity contribution in [1.82, 2.24) is 4.90 Å². The molecule has 6 nitrogen and oxygen atoms in total. The molecule has 0 aromatic heterocycles. The van der Waals surface area contributed by atoms with Crippen molar-refractivity contribution in [2.75, 3.05) is 7.05 Å². The number of nitrogens with zero attached hydrogens (tertiary/aromatic N) is 1. The van der Waals surface area contributed by atoms with Gasteiger partial charge in [-0.15, -0.1) is 0 Å². The molecule has 2 amide bonds. The highest BCUT2D eigenvalue weighted by Gasteiger charge is 2.34. The van der Waals surface area contributed by atoms with E-state index in [1.165, 1.54) is 25.2 Å². The van der Waals surface area contributed by atoms with E-state index in [9.17, 15) is 19.2 Å². The quantitative estimate of drug-likeness (QED) is 0.612. The Hall–Kier alpha value is -2.50. The second-order valence-corrected chi connectivity index (χ2v) is 5.54. The van der Waals surface area contributed by atoms with E-state index in [1.807, 2.05) is 0 Å². The lowest BCUT2D eigenvalue weighted by molar-refractivity contribution is -0.129. The molecular formula is C16H15NO5. The van der Waals surface area contributed by atoms with E-state index in [2.05, 4.69) is 0 Å². The van der Waals surface area contributed by atoms with Crippen molar-refractivity contribution < 1.29 is 23.9 Å². The first-order chi connectivity index (χ1) is 10.5. The topological polar surface area (TPSA) is 80.8 Å². The number of benzene rings is 1. The van der Waals surface area contributed by atoms with Crippen LogP contribution in [-0.2, 0) is 9.53 Å². The van der Waals surface area contributed by atoms with E-state index in [-0.39, 0.29) is 28.4 Å². The molecule has 1 saturated carbocycles. The summed E-state index contributed by atoms with van der Waals surface area (Å²) in [6.07, 6.45) is 1.95. The molecule has 6 heteroatoms. The molecule has 1 aromatic rings. The summed E-state index contributed by atoms with van der Waals surface area (Å²) in [7, 11) is 1.39. The number of ketones is 1. The number of hydrogen-bond acceptors (Lipinski definition) is 5. The van der Waals surface area contributed by atoms with Crippen LogP contribution in [-0.4, -0.2) is 41.6 Å². The fourth-order valence-electron chi connectivity index (χ4n) is 2.76. The summed E-state index contributed by atoms with van der Waals surface area (Å²) in [5, 5.41) is 0. The molecule has 0 bridgehead atoms. The van der Waals surface area contributed by atoms with Crippen molar-refractivity contribution in [3.05, 3.63) is 34.9 Å². The van der Waals surface area contributed by atoms with E-state index in [4.69, 9.17) is 4.74 Å². The monoisotopic (exact) mass is 301 g/mol. The standard InChI is InChI=1S/C16H15NO5/c1-17-14(19)10-7-6-9(8-11(10)15(17)20)16(21)22-13-5-3-2-4-12(13)18/h6-8,13H,2-5H2,1H3/t13-/m1/s1. The number of esters is 1. The van der Waals surface area contributed by atoms with Gasteiger partial charge in [-0.25, -0.2) is 4.79 Å². The minimum atomic E-state index is -0.700. The molecule has 0 saturated heterocycles. The number of ether oxygens (including phenoxy) is 1. The first kappa shape index (κ1) is 14.4. The number of rotatable bonds is 2. The SMILES string of the molecule is CN1C(=O)c2ccc(C(=O)O[C@@H]3CCCCC3=O)cc2C1=O. The zero-order valence-electron chi connectivity index (χ0n) is 12.1. The van der Waals surface area contributed by atoms with Crippen LogP contribution in [0.2, 0.25) is 0 Å². The van der Waals surface area contributed by atoms with Crippen LogP contribution in [0.15, 0.2) is 18.2 Å². The van der Waals surface area contributed by atoms with Gasteiger partial charge in [-0.2, -0.15) is 0 Å². The number of fused-ring (bicyclic) bond motifs is 1. The van der Waals surface area contributed by atoms with Gasteiger partial charge in [0.1, 0.15) is 0 Å². The Labute approximate surface area is 127 Å². The third-order valence-corrected chi connectivity index (χ3v) is 4.07. The maximum Gasteiger partial charge on any atom is 0.338 e. The zero-order valence-corrected chi connectivity index (χ0v) is 12.1. The van der Waals surface area contributed by atoms with Crippen molar-refractivity contribution in [2.45, 2.75) is 31.8 Å². The summed E-state index contributed by atoms with van der Waals surface area (Å²) in [4.78, 5) is 48.6. The third kappa shape index (κ3) is 2.30. The van der Waals surface area contributed by atoms with Crippen LogP contribution >= 0.6 is 0 Å². The highest BCUT2D eigenvalue weighted by atomic mass is 16.5. The molecule has 0 unspecified atom stereocenters. The lowest BCUT2D eigenvalue weighted by atomic mass is 9.96. The minimum absolute atomic E-state index is 0.0632. The number of carbonyl (C=O) groups excluding carboxylic acids is 4. The van der Waals surface area contributed by atoms with Crippen LogP contribution in [0.25, 0.3) is 0 Å². The van der Waals surface area contributed by atoms with Gasteiger partial charge in [0.15, 0.2) is 11.9 Å². The third-order valence-electron chi connectivity index (χ3n) is 4.07. The molecule has 1 heterocycles. The van der Waals surface area contributed by atoms with Crippen LogP contribution in [0, 0.1) is 0 Å². The Morgan fingerprint density at radius 2 is 1.86 bits per heavy atom. The predicted molar refractivity (Wildman–Crippen MR) is 75.5 cm³/mol. The number of imide groups is 1. The molecule has 0 spiro atoms. The Bertz CT molecular complexity index is 694. The van der Waals surface area contributed by atoms with Gasteiger partial charge in [0.25, 0.3) is 11.8 Å². The predicted octanol–water partition coefficient (Wildman–Crippen LogP) is 1.58. The Morgan fingerprint density at radius 3 is 2.59 bits per heavy atom. The second-order valence-electron chi connectivity index (χ2n) is 5.54. The molecule has 1 aromatic carbocycles. The Kier molecular flexibility index (Phi) is 3.52. The van der Waals surface area contributed by atoms with E-state index in [0.29, 0.717) is 12.8 Å². The van der Waals surface area contributed by atoms with Crippen molar-refractivity contribution in [3.63, 3.8) is 0 Å². The van der Waals surface area contributed by atoms with Crippen molar-refractivity contribution in [1.29, 1.82) is 0 Å². The highest BCUT2D eigenvalue weighted by molar-refractivity contribution is 6.21. The normalized spacial score (nSPS) is 21.0. The van der Waals surface area contributed by atoms with Crippen molar-refractivity contribution in [3.8, 4) is 0 Å². The van der Waals surface area contributed by atoms with E-state index < -0.39 is 18.0 Å². The molecule has 1 fully saturated rings. The molecule has 114 valence electrons. The lowest BCUT2D eigenvalue weighted by Gasteiger charge is -2.20. The molecule has 1 atom stereocenters. The van der Waals surface area contributed by atoms with Gasteiger partial charge in [-0.3, -0.25) is 19.3 Å². The summed E-state index contributed by atoms with van der Waals surface area (Å²) < 4.78 is 5.24. The summed E-state index contributed by atoms with van der Waals surface area (Å²) in [6, 6.07) is 4.24. The zero-order chi connectivity index (χ0) is 15.9. The van der Waals surface area contributed by atoms with Gasteiger partial charge in [0, 0.05) is 13.5 Å². The molecule has 2 aliphatic rings. The number of hydrogen-bond donors (Lipinski definition) is 0. The molecule has 3 rings (SSSR count). The highest BCUT2D eigenvalue weighted by Crippen LogP contribution is 2.24. The number of Topliss-reactive ketones (excluding diaryl/α,β-unsaturated/α-hetero) is 1. The summed E-state index contributed by atoms with van der Waals surface area (Å²) in [6.45, 7) is 0. The van der Waals surface area contributed by atoms with Crippen LogP contribution < -0.4 is 0 Å². The average molecular weight is 301 g/mol. The van der Waals surface area contributed by atoms with Crippen LogP contribution in [0.3, 0.4) is 0 Å². The smallest absolute Gasteiger partial charge is 0.338 e. The molecule has 1 aliphatic heterocycles. The molecular weight excluding hydrogens is 286 g/mol. The molecule has 0 N–H and O–H groups in total. The first-order valence-corrected chi connectivity index (χ1v) is 7.19. The van der Waals surface area contributed by atoms with Gasteiger partial charge >= 0.3 is 5.97 Å². The Balaban J connectivity index is 1.81. The van der Waals surface area contributed by atoms with Crippen LogP contribution in [0.4, 0.5) is 0 Å². The maximum absolute atomic E-state index is 12.1. The molecule has 1 aliphatic carbocycles. The number of amides is 2. The van der Waals surface area contributed by atoms with Crippen LogP contribution in [0.5, 0.6) is 0 Å². The van der Waals surface area contributed by atoms with Gasteiger partial charge in [0.2, 0.25) is 0 Å². The largest absolute Gasteiger partial charge is 0.451 e. The Morgan fingerprint density at radius 1 is 1.14 bits per heavy atom. The summed E-state index contributed by atoms with van der Waals surface area (Å²) in [5.74, 6) is -1.53. The van der Waals surface area contributed by atoms with E-state index in [1.54, 1.807) is 0 Å². The summed E-state index contributed by atoms with van der Waals surface area (Å²) in [5.41, 5.74) is 0.642. The summed E-state index contributed by atoms with van der Waals surface area (Å²) >= 11 is 0. The fraction of sp³-hybridized carbons (Fsp3) is 0.375. The fourth-order valence-corrected chi connectivity index (χ4v) is 2.76. The van der Waals surface area contributed by atoms with Crippen LogP contribution in [0.1, 0.15) is 56.8 Å². The maximum atomic E-state index is 12.1. The number of carbonyl (C=O) groups is 4. The first-order valence-electron chi connectivity index (χ1n) is 7.19. The second kappa shape index (κ2) is 5.36. The van der Waals surface area contributed by atoms with Gasteiger partial charge < -0.3 is 4.74 Å². The van der Waals surface area contributed by atoms with Crippen molar-refractivity contribution >= 4 is 23.6 Å². The lowest BCUT2D eigenvalue weighted by Crippen LogP contribution is -2.30. The van der Waals surface area contributed by atoms with E-state index in [0.717, 1.165) is 17.7 Å². The van der Waals surface area contributed by atoms with E-state index >= 15 is 0 Å². The average Bonchev–Trinajstić information content (AvgIpc) is 2.74. The minimum Gasteiger partial charge on any atom is -0.451 e. The van der Waals surface area contributed by atoms with Gasteiger partial charge in [0.05, 0.1) is 16.7 Å².